The van der Waals surface area contributed by atoms with E-state index in [-0.39, 0.29) is 66.2 Å². The van der Waals surface area contributed by atoms with E-state index in [0.29, 0.717) is 51.5 Å². The molecule has 0 saturated carbocycles. The molecule has 3 amide bonds. The van der Waals surface area contributed by atoms with Crippen LogP contribution in [0.5, 0.6) is 0 Å². The van der Waals surface area contributed by atoms with Crippen LogP contribution in [0.25, 0.3) is 0 Å². The molecule has 2 heterocycles. The Morgan fingerprint density at radius 2 is 1.70 bits per heavy atom. The first kappa shape index (κ1) is 31.2. The number of amides is 3. The van der Waals surface area contributed by atoms with Crippen molar-refractivity contribution in [1.29, 1.82) is 0 Å². The number of carboxylic acids is 1. The summed E-state index contributed by atoms with van der Waals surface area (Å²) in [7, 11) is 0. The Morgan fingerprint density at radius 1 is 1.05 bits per heavy atom. The van der Waals surface area contributed by atoms with E-state index in [2.05, 4.69) is 10.6 Å². The summed E-state index contributed by atoms with van der Waals surface area (Å²) in [5.41, 5.74) is 6.26. The number of nitrogens with one attached hydrogen (secondary N) is 2. The van der Waals surface area contributed by atoms with Crippen LogP contribution >= 0.6 is 0 Å². The molecule has 2 saturated heterocycles. The van der Waals surface area contributed by atoms with Gasteiger partial charge in [-0.3, -0.25) is 14.4 Å². The fraction of sp³-hybridized carbons (Fsp3) is 0.600. The van der Waals surface area contributed by atoms with E-state index in [0.717, 1.165) is 5.56 Å². The number of hydrogen-bond donors (Lipinski definition) is 3. The zero-order chi connectivity index (χ0) is 26.3. The zero-order valence-corrected chi connectivity index (χ0v) is 23.8. The van der Waals surface area contributed by atoms with Gasteiger partial charge < -0.3 is 40.6 Å². The topological polar surface area (TPSA) is 163 Å². The van der Waals surface area contributed by atoms with Crippen LogP contribution in [0.2, 0.25) is 0 Å². The second-order valence-electron chi connectivity index (χ2n) is 9.78. The number of fused-ring (bicyclic) bond motifs is 1. The number of nitrogens with two attached hydrogens (primary N) is 1. The molecular formula is C25H35N4NaO7. The smallest absolute Gasteiger partial charge is 0.548 e. The monoisotopic (exact) mass is 526 g/mol. The Morgan fingerprint density at radius 3 is 2.32 bits per heavy atom. The predicted octanol–water partition coefficient (Wildman–Crippen LogP) is -3.81. The van der Waals surface area contributed by atoms with Crippen LogP contribution in [0.1, 0.15) is 38.7 Å². The van der Waals surface area contributed by atoms with Gasteiger partial charge in [0, 0.05) is 18.7 Å². The molecule has 0 bridgehead atoms. The number of anilines is 1. The molecule has 1 aromatic rings. The number of carbonyl (C=O) groups excluding carboxylic acids is 4. The van der Waals surface area contributed by atoms with Gasteiger partial charge in [0.25, 0.3) is 0 Å². The van der Waals surface area contributed by atoms with Gasteiger partial charge in [-0.1, -0.05) is 26.0 Å². The van der Waals surface area contributed by atoms with Gasteiger partial charge in [0.2, 0.25) is 17.7 Å². The molecular weight excluding hydrogens is 491 g/mol. The minimum Gasteiger partial charge on any atom is -0.548 e. The molecule has 3 rings (SSSR count). The van der Waals surface area contributed by atoms with Crippen molar-refractivity contribution in [2.24, 2.45) is 11.1 Å². The van der Waals surface area contributed by atoms with Crippen molar-refractivity contribution in [3.63, 3.8) is 0 Å². The molecule has 1 aromatic carbocycles. The summed E-state index contributed by atoms with van der Waals surface area (Å²) < 4.78 is 10.5. The van der Waals surface area contributed by atoms with Gasteiger partial charge in [-0.15, -0.1) is 0 Å². The maximum absolute atomic E-state index is 12.5. The van der Waals surface area contributed by atoms with Gasteiger partial charge in [0.1, 0.15) is 6.04 Å². The number of benzene rings is 1. The molecule has 3 atom stereocenters. The fourth-order valence-electron chi connectivity index (χ4n) is 4.77. The Bertz CT molecular complexity index is 957. The van der Waals surface area contributed by atoms with Crippen LogP contribution < -0.4 is 51.0 Å². The van der Waals surface area contributed by atoms with Crippen LogP contribution in [0.4, 0.5) is 5.69 Å². The predicted molar refractivity (Wildman–Crippen MR) is 128 cm³/mol. The van der Waals surface area contributed by atoms with E-state index in [1.807, 2.05) is 12.1 Å². The Hall–Kier alpha value is -2.02. The van der Waals surface area contributed by atoms with E-state index >= 15 is 0 Å². The molecule has 2 aliphatic heterocycles. The number of aliphatic carboxylic acids is 1. The first-order valence-corrected chi connectivity index (χ1v) is 12.2. The Labute approximate surface area is 239 Å². The number of rotatable bonds is 14. The summed E-state index contributed by atoms with van der Waals surface area (Å²) in [6.07, 6.45) is 1.35. The number of nitrogens with zero attached hydrogens (tertiary/aromatic N) is 1. The SMILES string of the molecule is CC1(C)C[C@@H]2[C@H](NC(=O)CCc3ccc(NC(=O)CCOCCOCCN)cc3)C(=O)N2[C@H]1C(=O)[O-].[Na+]. The van der Waals surface area contributed by atoms with Crippen molar-refractivity contribution in [2.75, 3.05) is 38.3 Å². The quantitative estimate of drug-likeness (QED) is 0.126. The van der Waals surface area contributed by atoms with E-state index < -0.39 is 23.5 Å². The third kappa shape index (κ3) is 8.23. The van der Waals surface area contributed by atoms with Crippen LogP contribution in [-0.4, -0.2) is 79.7 Å². The summed E-state index contributed by atoms with van der Waals surface area (Å²) in [4.78, 5) is 49.8. The Kier molecular flexibility index (Phi) is 12.0. The minimum atomic E-state index is -1.27. The number of hydrogen-bond acceptors (Lipinski definition) is 8. The van der Waals surface area contributed by atoms with Crippen molar-refractivity contribution in [2.45, 2.75) is 57.7 Å². The van der Waals surface area contributed by atoms with E-state index in [9.17, 15) is 24.3 Å². The molecule has 0 spiro atoms. The van der Waals surface area contributed by atoms with Gasteiger partial charge in [0.15, 0.2) is 0 Å². The standard InChI is InChI=1S/C25H36N4O7.Na/c1-25(2)15-18-21(23(32)29(18)22(25)24(33)34)28-19(30)8-5-16-3-6-17(7-4-16)27-20(31)9-11-35-13-14-36-12-10-26;/h3-4,6-7,18,21-22H,5,8-15,26H2,1-2H3,(H,27,31)(H,28,30)(H,33,34);/q;+1/p-1/t18-,21+,22+;/m1./s1. The molecule has 12 heteroatoms. The average Bonchev–Trinajstić information content (AvgIpc) is 3.09. The first-order valence-electron chi connectivity index (χ1n) is 12.2. The molecule has 0 unspecified atom stereocenters. The van der Waals surface area contributed by atoms with Crippen molar-refractivity contribution in [1.82, 2.24) is 10.2 Å². The average molecular weight is 527 g/mol. The molecule has 0 radical (unpaired) electrons. The third-order valence-electron chi connectivity index (χ3n) is 6.54. The summed E-state index contributed by atoms with van der Waals surface area (Å²) in [6.45, 7) is 5.66. The van der Waals surface area contributed by atoms with E-state index in [4.69, 9.17) is 15.2 Å². The van der Waals surface area contributed by atoms with Crippen molar-refractivity contribution in [3.8, 4) is 0 Å². The molecule has 198 valence electrons. The minimum absolute atomic E-state index is 0. The van der Waals surface area contributed by atoms with Crippen molar-refractivity contribution >= 4 is 29.4 Å². The van der Waals surface area contributed by atoms with Crippen LogP contribution in [0, 0.1) is 5.41 Å². The number of ether oxygens (including phenoxy) is 2. The summed E-state index contributed by atoms with van der Waals surface area (Å²) >= 11 is 0. The number of aryl methyl sites for hydroxylation is 1. The molecule has 2 fully saturated rings. The zero-order valence-electron chi connectivity index (χ0n) is 21.8. The normalized spacial score (nSPS) is 21.4. The van der Waals surface area contributed by atoms with Crippen molar-refractivity contribution in [3.05, 3.63) is 29.8 Å². The second-order valence-corrected chi connectivity index (χ2v) is 9.78. The maximum Gasteiger partial charge on any atom is 1.00 e. The summed E-state index contributed by atoms with van der Waals surface area (Å²) in [6, 6.07) is 5.19. The van der Waals surface area contributed by atoms with Crippen LogP contribution in [0.15, 0.2) is 24.3 Å². The van der Waals surface area contributed by atoms with Gasteiger partial charge in [-0.2, -0.15) is 0 Å². The largest absolute Gasteiger partial charge is 1.00 e. The van der Waals surface area contributed by atoms with Crippen LogP contribution in [-0.2, 0) is 35.1 Å². The first-order chi connectivity index (χ1) is 17.1. The molecule has 0 aromatic heterocycles. The molecule has 4 N–H and O–H groups in total. The van der Waals surface area contributed by atoms with E-state index in [1.165, 1.54) is 4.90 Å². The summed E-state index contributed by atoms with van der Waals surface area (Å²) in [5, 5.41) is 17.0. The van der Waals surface area contributed by atoms with Crippen molar-refractivity contribution < 1.29 is 63.3 Å². The van der Waals surface area contributed by atoms with E-state index in [1.54, 1.807) is 26.0 Å². The summed E-state index contributed by atoms with van der Waals surface area (Å²) in [5.74, 6) is -2.08. The molecule has 37 heavy (non-hydrogen) atoms. The molecule has 0 aliphatic carbocycles. The third-order valence-corrected chi connectivity index (χ3v) is 6.54. The van der Waals surface area contributed by atoms with Gasteiger partial charge >= 0.3 is 29.6 Å². The van der Waals surface area contributed by atoms with Gasteiger partial charge in [-0.25, -0.2) is 0 Å². The van der Waals surface area contributed by atoms with Gasteiger partial charge in [-0.05, 0) is 36.0 Å². The molecule has 2 aliphatic rings. The number of carboxylic acid groups (broad SMARTS) is 1. The van der Waals surface area contributed by atoms with Gasteiger partial charge in [0.05, 0.1) is 50.9 Å². The number of β-lactam (4-membered cyclic amide) rings is 1. The fourth-order valence-corrected chi connectivity index (χ4v) is 4.77. The Balaban J connectivity index is 0.00000481. The maximum atomic E-state index is 12.5. The second kappa shape index (κ2) is 14.2. The number of carbonyl (C=O) groups is 4. The van der Waals surface area contributed by atoms with Crippen LogP contribution in [0.3, 0.4) is 0 Å². The molecule has 11 nitrogen and oxygen atoms in total.